The number of hydrogen-bond acceptors (Lipinski definition) is 2. The Morgan fingerprint density at radius 1 is 1.20 bits per heavy atom. The fourth-order valence-corrected chi connectivity index (χ4v) is 1.99. The van der Waals surface area contributed by atoms with Gasteiger partial charge in [0.15, 0.2) is 0 Å². The molecule has 0 spiro atoms. The number of nitrogen functional groups attached to an aromatic ring is 1. The highest BCUT2D eigenvalue weighted by molar-refractivity contribution is 5.94. The molecule has 20 heavy (non-hydrogen) atoms. The number of carbonyl (C=O) groups excluding carboxylic acids is 1. The molecule has 3 nitrogen and oxygen atoms in total. The van der Waals surface area contributed by atoms with Crippen molar-refractivity contribution in [2.45, 2.75) is 13.5 Å². The molecule has 0 heterocycles. The minimum Gasteiger partial charge on any atom is -0.399 e. The molecule has 2 rings (SSSR count). The number of anilines is 1. The summed E-state index contributed by atoms with van der Waals surface area (Å²) < 4.78 is 13.2. The maximum atomic E-state index is 13.2. The first-order chi connectivity index (χ1) is 9.60. The number of nitrogens with two attached hydrogens (primary N) is 1. The van der Waals surface area contributed by atoms with Crippen LogP contribution in [0, 0.1) is 5.82 Å². The Kier molecular flexibility index (Phi) is 4.35. The smallest absolute Gasteiger partial charge is 0.254 e. The molecule has 0 aromatic heterocycles. The van der Waals surface area contributed by atoms with Gasteiger partial charge in [0, 0.05) is 24.3 Å². The van der Waals surface area contributed by atoms with Crippen LogP contribution in [-0.4, -0.2) is 17.4 Å². The molecule has 104 valence electrons. The molecular weight excluding hydrogens is 255 g/mol. The lowest BCUT2D eigenvalue weighted by atomic mass is 10.1. The van der Waals surface area contributed by atoms with E-state index < -0.39 is 0 Å². The van der Waals surface area contributed by atoms with Crippen LogP contribution >= 0.6 is 0 Å². The molecule has 4 heteroatoms. The number of rotatable bonds is 4. The van der Waals surface area contributed by atoms with Gasteiger partial charge in [-0.25, -0.2) is 4.39 Å². The van der Waals surface area contributed by atoms with Crippen LogP contribution in [0.4, 0.5) is 10.1 Å². The minimum absolute atomic E-state index is 0.0863. The second kappa shape index (κ2) is 6.19. The second-order valence-electron chi connectivity index (χ2n) is 4.57. The molecular formula is C16H17FN2O. The van der Waals surface area contributed by atoms with E-state index in [1.165, 1.54) is 12.1 Å². The van der Waals surface area contributed by atoms with E-state index in [1.807, 2.05) is 13.0 Å². The standard InChI is InChI=1S/C16H17FN2O/c1-2-19(11-12-4-3-5-14(17)10-12)16(20)13-6-8-15(18)9-7-13/h3-10H,2,11,18H2,1H3. The van der Waals surface area contributed by atoms with Crippen LogP contribution in [0.15, 0.2) is 48.5 Å². The highest BCUT2D eigenvalue weighted by Crippen LogP contribution is 2.12. The van der Waals surface area contributed by atoms with Gasteiger partial charge in [0.2, 0.25) is 0 Å². The van der Waals surface area contributed by atoms with Crippen molar-refractivity contribution in [2.75, 3.05) is 12.3 Å². The Bertz CT molecular complexity index is 596. The zero-order valence-corrected chi connectivity index (χ0v) is 11.3. The molecule has 2 aromatic rings. The van der Waals surface area contributed by atoms with Crippen molar-refractivity contribution in [2.24, 2.45) is 0 Å². The van der Waals surface area contributed by atoms with E-state index in [1.54, 1.807) is 35.2 Å². The summed E-state index contributed by atoms with van der Waals surface area (Å²) in [6, 6.07) is 13.1. The van der Waals surface area contributed by atoms with Crippen LogP contribution in [0.25, 0.3) is 0 Å². The Labute approximate surface area is 117 Å². The van der Waals surface area contributed by atoms with Gasteiger partial charge in [-0.2, -0.15) is 0 Å². The Balaban J connectivity index is 2.15. The zero-order valence-electron chi connectivity index (χ0n) is 11.3. The summed E-state index contributed by atoms with van der Waals surface area (Å²) in [5.41, 5.74) is 7.58. The number of carbonyl (C=O) groups is 1. The van der Waals surface area contributed by atoms with Crippen LogP contribution in [0.5, 0.6) is 0 Å². The second-order valence-corrected chi connectivity index (χ2v) is 4.57. The molecule has 0 unspecified atom stereocenters. The molecule has 0 saturated heterocycles. The van der Waals surface area contributed by atoms with Crippen molar-refractivity contribution in [1.82, 2.24) is 4.90 Å². The first kappa shape index (κ1) is 14.1. The van der Waals surface area contributed by atoms with Gasteiger partial charge in [-0.1, -0.05) is 12.1 Å². The van der Waals surface area contributed by atoms with Crippen molar-refractivity contribution < 1.29 is 9.18 Å². The third-order valence-electron chi connectivity index (χ3n) is 3.09. The molecule has 0 bridgehead atoms. The quantitative estimate of drug-likeness (QED) is 0.869. The number of amides is 1. The van der Waals surface area contributed by atoms with Gasteiger partial charge in [-0.15, -0.1) is 0 Å². The van der Waals surface area contributed by atoms with E-state index in [2.05, 4.69) is 0 Å². The zero-order chi connectivity index (χ0) is 14.5. The first-order valence-electron chi connectivity index (χ1n) is 6.49. The monoisotopic (exact) mass is 272 g/mol. The first-order valence-corrected chi connectivity index (χ1v) is 6.49. The molecule has 1 amide bonds. The summed E-state index contributed by atoms with van der Waals surface area (Å²) >= 11 is 0. The van der Waals surface area contributed by atoms with E-state index in [4.69, 9.17) is 5.73 Å². The Hall–Kier alpha value is -2.36. The molecule has 0 fully saturated rings. The molecule has 0 aliphatic heterocycles. The van der Waals surface area contributed by atoms with Crippen LogP contribution < -0.4 is 5.73 Å². The minimum atomic E-state index is -0.293. The van der Waals surface area contributed by atoms with Crippen molar-refractivity contribution in [1.29, 1.82) is 0 Å². The molecule has 0 radical (unpaired) electrons. The predicted octanol–water partition coefficient (Wildman–Crippen LogP) is 3.07. The summed E-state index contributed by atoms with van der Waals surface area (Å²) in [6.07, 6.45) is 0. The molecule has 0 saturated carbocycles. The lowest BCUT2D eigenvalue weighted by molar-refractivity contribution is 0.0752. The third kappa shape index (κ3) is 3.35. The summed E-state index contributed by atoms with van der Waals surface area (Å²) in [5.74, 6) is -0.379. The fourth-order valence-electron chi connectivity index (χ4n) is 1.99. The van der Waals surface area contributed by atoms with Gasteiger partial charge in [0.05, 0.1) is 0 Å². The van der Waals surface area contributed by atoms with Gasteiger partial charge >= 0.3 is 0 Å². The van der Waals surface area contributed by atoms with Gasteiger partial charge in [0.1, 0.15) is 5.82 Å². The van der Waals surface area contributed by atoms with E-state index >= 15 is 0 Å². The SMILES string of the molecule is CCN(Cc1cccc(F)c1)C(=O)c1ccc(N)cc1. The average Bonchev–Trinajstić information content (AvgIpc) is 2.45. The summed E-state index contributed by atoms with van der Waals surface area (Å²) in [7, 11) is 0. The van der Waals surface area contributed by atoms with E-state index in [0.717, 1.165) is 5.56 Å². The number of benzene rings is 2. The lowest BCUT2D eigenvalue weighted by Crippen LogP contribution is -2.30. The maximum Gasteiger partial charge on any atom is 0.254 e. The molecule has 2 aromatic carbocycles. The average molecular weight is 272 g/mol. The summed E-state index contributed by atoms with van der Waals surface area (Å²) in [6.45, 7) is 2.84. The van der Waals surface area contributed by atoms with Crippen LogP contribution in [0.2, 0.25) is 0 Å². The summed E-state index contributed by atoms with van der Waals surface area (Å²) in [4.78, 5) is 14.0. The molecule has 0 aliphatic carbocycles. The van der Waals surface area contributed by atoms with Crippen molar-refractivity contribution >= 4 is 11.6 Å². The van der Waals surface area contributed by atoms with Crippen molar-refractivity contribution in [3.8, 4) is 0 Å². The van der Waals surface area contributed by atoms with Crippen LogP contribution in [-0.2, 0) is 6.54 Å². The van der Waals surface area contributed by atoms with E-state index in [-0.39, 0.29) is 11.7 Å². The highest BCUT2D eigenvalue weighted by atomic mass is 19.1. The maximum absolute atomic E-state index is 13.2. The van der Waals surface area contributed by atoms with Gasteiger partial charge in [-0.3, -0.25) is 4.79 Å². The highest BCUT2D eigenvalue weighted by Gasteiger charge is 2.14. The largest absolute Gasteiger partial charge is 0.399 e. The summed E-state index contributed by atoms with van der Waals surface area (Å²) in [5, 5.41) is 0. The number of nitrogens with zero attached hydrogens (tertiary/aromatic N) is 1. The topological polar surface area (TPSA) is 46.3 Å². The number of halogens is 1. The number of hydrogen-bond donors (Lipinski definition) is 1. The molecule has 0 aliphatic rings. The van der Waals surface area contributed by atoms with Crippen molar-refractivity contribution in [3.05, 3.63) is 65.5 Å². The van der Waals surface area contributed by atoms with Gasteiger partial charge in [0.25, 0.3) is 5.91 Å². The lowest BCUT2D eigenvalue weighted by Gasteiger charge is -2.21. The molecule has 0 atom stereocenters. The van der Waals surface area contributed by atoms with Crippen molar-refractivity contribution in [3.63, 3.8) is 0 Å². The Morgan fingerprint density at radius 3 is 2.50 bits per heavy atom. The van der Waals surface area contributed by atoms with Gasteiger partial charge < -0.3 is 10.6 Å². The Morgan fingerprint density at radius 2 is 1.90 bits per heavy atom. The predicted molar refractivity (Wildman–Crippen MR) is 77.7 cm³/mol. The van der Waals surface area contributed by atoms with E-state index in [9.17, 15) is 9.18 Å². The van der Waals surface area contributed by atoms with Gasteiger partial charge in [-0.05, 0) is 48.9 Å². The third-order valence-corrected chi connectivity index (χ3v) is 3.09. The van der Waals surface area contributed by atoms with E-state index in [0.29, 0.717) is 24.3 Å². The fraction of sp³-hybridized carbons (Fsp3) is 0.188. The van der Waals surface area contributed by atoms with Crippen LogP contribution in [0.3, 0.4) is 0 Å². The van der Waals surface area contributed by atoms with Crippen LogP contribution in [0.1, 0.15) is 22.8 Å². The molecule has 2 N–H and O–H groups in total. The normalized spacial score (nSPS) is 10.3.